The van der Waals surface area contributed by atoms with Crippen molar-refractivity contribution in [3.8, 4) is 17.2 Å². The van der Waals surface area contributed by atoms with Gasteiger partial charge in [0.05, 0.1) is 29.4 Å². The molecule has 0 aliphatic rings. The second kappa shape index (κ2) is 16.7. The molecular formula is C30H30BrCl2N3O7. The topological polar surface area (TPSA) is 125 Å². The first kappa shape index (κ1) is 33.7. The van der Waals surface area contributed by atoms with Crippen LogP contribution in [0.2, 0.25) is 10.0 Å². The largest absolute Gasteiger partial charge is 0.493 e. The van der Waals surface area contributed by atoms with E-state index < -0.39 is 29.9 Å². The Balaban J connectivity index is 1.70. The molecule has 13 heteroatoms. The minimum atomic E-state index is -0.973. The Morgan fingerprint density at radius 2 is 1.77 bits per heavy atom. The zero-order valence-electron chi connectivity index (χ0n) is 23.6. The lowest BCUT2D eigenvalue weighted by molar-refractivity contribution is -0.145. The molecule has 0 aliphatic heterocycles. The van der Waals surface area contributed by atoms with Gasteiger partial charge in [-0.05, 0) is 71.2 Å². The van der Waals surface area contributed by atoms with Crippen LogP contribution in [0.5, 0.6) is 17.2 Å². The smallest absolute Gasteiger partial charge is 0.344 e. The number of hydrogen-bond acceptors (Lipinski definition) is 8. The molecule has 0 spiro atoms. The van der Waals surface area contributed by atoms with E-state index in [1.807, 2.05) is 30.3 Å². The SMILES string of the molecule is CCOC(=O)COc1c(Br)cc(/C=N\NC(=O)[C@H](Cc2ccccc2)NC(=O)[C@@H](C)Oc2ccc(Cl)cc2Cl)cc1OC. The average molecular weight is 695 g/mol. The van der Waals surface area contributed by atoms with Gasteiger partial charge < -0.3 is 24.3 Å². The Bertz CT molecular complexity index is 1460. The number of nitrogens with zero attached hydrogens (tertiary/aromatic N) is 1. The molecule has 3 rings (SSSR count). The summed E-state index contributed by atoms with van der Waals surface area (Å²) in [5, 5.41) is 7.47. The van der Waals surface area contributed by atoms with Crippen LogP contribution in [0.15, 0.2) is 70.2 Å². The third kappa shape index (κ3) is 10.5. The second-order valence-electron chi connectivity index (χ2n) is 8.95. The summed E-state index contributed by atoms with van der Waals surface area (Å²) in [6.45, 7) is 3.19. The number of halogens is 3. The lowest BCUT2D eigenvalue weighted by atomic mass is 10.1. The summed E-state index contributed by atoms with van der Waals surface area (Å²) in [7, 11) is 1.45. The van der Waals surface area contributed by atoms with Gasteiger partial charge in [0.2, 0.25) is 0 Å². The fourth-order valence-corrected chi connectivity index (χ4v) is 4.73. The number of esters is 1. The molecular weight excluding hydrogens is 665 g/mol. The Morgan fingerprint density at radius 3 is 2.44 bits per heavy atom. The van der Waals surface area contributed by atoms with Crippen LogP contribution in [0.1, 0.15) is 25.0 Å². The molecule has 43 heavy (non-hydrogen) atoms. The van der Waals surface area contributed by atoms with Crippen molar-refractivity contribution in [2.24, 2.45) is 5.10 Å². The van der Waals surface area contributed by atoms with Gasteiger partial charge in [0.25, 0.3) is 11.8 Å². The molecule has 228 valence electrons. The average Bonchev–Trinajstić information content (AvgIpc) is 2.98. The standard InChI is InChI=1S/C30H30BrCl2N3O7/c1-4-41-27(37)17-42-28-22(31)12-20(14-26(28)40-3)16-34-36-30(39)24(13-19-8-6-5-7-9-19)35-29(38)18(2)43-25-11-10-21(32)15-23(25)33/h5-12,14-16,18,24H,4,13,17H2,1-3H3,(H,35,38)(H,36,39)/b34-16-/t18-,24+/m1/s1. The number of carbonyl (C=O) groups is 3. The van der Waals surface area contributed by atoms with Crippen molar-refractivity contribution < 1.29 is 33.3 Å². The number of hydrogen-bond donors (Lipinski definition) is 2. The first-order valence-corrected chi connectivity index (χ1v) is 14.6. The van der Waals surface area contributed by atoms with Gasteiger partial charge >= 0.3 is 5.97 Å². The molecule has 3 aromatic rings. The highest BCUT2D eigenvalue weighted by molar-refractivity contribution is 9.10. The van der Waals surface area contributed by atoms with Crippen LogP contribution in [0.3, 0.4) is 0 Å². The molecule has 0 aliphatic carbocycles. The maximum atomic E-state index is 13.2. The molecule has 0 heterocycles. The van der Waals surface area contributed by atoms with Crippen LogP contribution in [-0.2, 0) is 25.5 Å². The lowest BCUT2D eigenvalue weighted by Gasteiger charge is -2.21. The third-order valence-electron chi connectivity index (χ3n) is 5.76. The summed E-state index contributed by atoms with van der Waals surface area (Å²) in [6, 6.07) is 16.2. The van der Waals surface area contributed by atoms with Crippen molar-refractivity contribution in [3.05, 3.63) is 86.3 Å². The Kier molecular flexibility index (Phi) is 13.1. The summed E-state index contributed by atoms with van der Waals surface area (Å²) in [6.07, 6.45) is 0.632. The van der Waals surface area contributed by atoms with Crippen molar-refractivity contribution >= 4 is 63.1 Å². The highest BCUT2D eigenvalue weighted by atomic mass is 79.9. The van der Waals surface area contributed by atoms with Gasteiger partial charge in [-0.2, -0.15) is 5.10 Å². The quantitative estimate of drug-likeness (QED) is 0.132. The van der Waals surface area contributed by atoms with Crippen LogP contribution in [-0.4, -0.2) is 56.5 Å². The van der Waals surface area contributed by atoms with E-state index in [0.29, 0.717) is 26.6 Å². The van der Waals surface area contributed by atoms with Gasteiger partial charge in [0, 0.05) is 11.4 Å². The predicted molar refractivity (Wildman–Crippen MR) is 167 cm³/mol. The maximum Gasteiger partial charge on any atom is 0.344 e. The van der Waals surface area contributed by atoms with E-state index in [2.05, 4.69) is 31.8 Å². The van der Waals surface area contributed by atoms with Gasteiger partial charge in [0.1, 0.15) is 11.8 Å². The van der Waals surface area contributed by atoms with Crippen molar-refractivity contribution in [2.75, 3.05) is 20.3 Å². The van der Waals surface area contributed by atoms with Gasteiger partial charge in [-0.15, -0.1) is 0 Å². The number of benzene rings is 3. The summed E-state index contributed by atoms with van der Waals surface area (Å²) in [5.74, 6) is -0.684. The van der Waals surface area contributed by atoms with Crippen molar-refractivity contribution in [3.63, 3.8) is 0 Å². The molecule has 2 atom stereocenters. The number of carbonyl (C=O) groups excluding carboxylic acids is 3. The van der Waals surface area contributed by atoms with E-state index in [-0.39, 0.29) is 30.4 Å². The molecule has 2 N–H and O–H groups in total. The normalized spacial score (nSPS) is 12.2. The van der Waals surface area contributed by atoms with Gasteiger partial charge in [0.15, 0.2) is 24.2 Å². The zero-order chi connectivity index (χ0) is 31.4. The molecule has 0 radical (unpaired) electrons. The molecule has 0 bridgehead atoms. The maximum absolute atomic E-state index is 13.2. The van der Waals surface area contributed by atoms with Gasteiger partial charge in [-0.25, -0.2) is 10.2 Å². The Labute approximate surface area is 267 Å². The van der Waals surface area contributed by atoms with Crippen LogP contribution < -0.4 is 25.0 Å². The Hall–Kier alpha value is -3.80. The van der Waals surface area contributed by atoms with Crippen molar-refractivity contribution in [1.82, 2.24) is 10.7 Å². The van der Waals surface area contributed by atoms with Crippen molar-refractivity contribution in [2.45, 2.75) is 32.4 Å². The molecule has 10 nitrogen and oxygen atoms in total. The van der Waals surface area contributed by atoms with E-state index >= 15 is 0 Å². The molecule has 0 saturated carbocycles. The highest BCUT2D eigenvalue weighted by Crippen LogP contribution is 2.36. The molecule has 3 aromatic carbocycles. The number of ether oxygens (including phenoxy) is 4. The number of nitrogens with one attached hydrogen (secondary N) is 2. The van der Waals surface area contributed by atoms with E-state index in [1.54, 1.807) is 38.1 Å². The number of rotatable bonds is 14. The minimum Gasteiger partial charge on any atom is -0.493 e. The van der Waals surface area contributed by atoms with E-state index in [4.69, 9.17) is 42.1 Å². The van der Waals surface area contributed by atoms with Crippen LogP contribution in [0.25, 0.3) is 0 Å². The van der Waals surface area contributed by atoms with E-state index in [9.17, 15) is 14.4 Å². The summed E-state index contributed by atoms with van der Waals surface area (Å²) >= 11 is 15.5. The molecule has 0 unspecified atom stereocenters. The summed E-state index contributed by atoms with van der Waals surface area (Å²) < 4.78 is 22.0. The number of hydrazone groups is 1. The highest BCUT2D eigenvalue weighted by Gasteiger charge is 2.25. The van der Waals surface area contributed by atoms with Gasteiger partial charge in [-0.3, -0.25) is 9.59 Å². The van der Waals surface area contributed by atoms with Crippen molar-refractivity contribution in [1.29, 1.82) is 0 Å². The number of methoxy groups -OCH3 is 1. The third-order valence-corrected chi connectivity index (χ3v) is 6.88. The zero-order valence-corrected chi connectivity index (χ0v) is 26.7. The van der Waals surface area contributed by atoms with E-state index in [1.165, 1.54) is 19.4 Å². The fourth-order valence-electron chi connectivity index (χ4n) is 3.70. The monoisotopic (exact) mass is 693 g/mol. The molecule has 2 amide bonds. The fraction of sp³-hybridized carbons (Fsp3) is 0.267. The predicted octanol–water partition coefficient (Wildman–Crippen LogP) is 5.35. The van der Waals surface area contributed by atoms with Crippen LogP contribution >= 0.6 is 39.1 Å². The first-order chi connectivity index (χ1) is 20.6. The number of amides is 2. The van der Waals surface area contributed by atoms with Gasteiger partial charge in [-0.1, -0.05) is 53.5 Å². The minimum absolute atomic E-state index is 0.203. The second-order valence-corrected chi connectivity index (χ2v) is 10.6. The van der Waals surface area contributed by atoms with Crippen LogP contribution in [0, 0.1) is 0 Å². The van der Waals surface area contributed by atoms with Crippen LogP contribution in [0.4, 0.5) is 0 Å². The lowest BCUT2D eigenvalue weighted by Crippen LogP contribution is -2.50. The molecule has 0 fully saturated rings. The summed E-state index contributed by atoms with van der Waals surface area (Å²) in [4.78, 5) is 37.9. The summed E-state index contributed by atoms with van der Waals surface area (Å²) in [5.41, 5.74) is 3.86. The molecule has 0 aromatic heterocycles. The molecule has 0 saturated heterocycles. The Morgan fingerprint density at radius 1 is 1.02 bits per heavy atom. The van der Waals surface area contributed by atoms with E-state index in [0.717, 1.165) is 5.56 Å². The first-order valence-electron chi connectivity index (χ1n) is 13.1.